The molecule has 118 valence electrons. The van der Waals surface area contributed by atoms with Gasteiger partial charge in [0.05, 0.1) is 6.61 Å². The highest BCUT2D eigenvalue weighted by atomic mass is 31.2. The molecule has 1 aliphatic heterocycles. The molecule has 0 amide bonds. The van der Waals surface area contributed by atoms with E-state index < -0.39 is 50.2 Å². The average molecular weight is 324 g/mol. The fourth-order valence-electron chi connectivity index (χ4n) is 1.89. The summed E-state index contributed by atoms with van der Waals surface area (Å²) in [7, 11) is -4.76. The number of phosphoric acid groups is 1. The molecule has 0 radical (unpaired) electrons. The third-order valence-electron chi connectivity index (χ3n) is 2.87. The minimum absolute atomic E-state index is 0.648. The second-order valence-electron chi connectivity index (χ2n) is 4.35. The van der Waals surface area contributed by atoms with Crippen molar-refractivity contribution in [3.63, 3.8) is 0 Å². The van der Waals surface area contributed by atoms with Crippen molar-refractivity contribution in [2.45, 2.75) is 24.5 Å². The highest BCUT2D eigenvalue weighted by molar-refractivity contribution is 7.46. The van der Waals surface area contributed by atoms with Crippen LogP contribution in [0.3, 0.4) is 0 Å². The van der Waals surface area contributed by atoms with E-state index in [-0.39, 0.29) is 0 Å². The maximum absolute atomic E-state index is 11.6. The van der Waals surface area contributed by atoms with Crippen molar-refractivity contribution in [2.24, 2.45) is 0 Å². The highest BCUT2D eigenvalue weighted by Crippen LogP contribution is 2.38. The Kier molecular flexibility index (Phi) is 4.44. The van der Waals surface area contributed by atoms with Crippen LogP contribution in [-0.2, 0) is 13.8 Å². The number of nitrogens with zero attached hydrogens (tertiary/aromatic N) is 1. The lowest BCUT2D eigenvalue weighted by molar-refractivity contribution is -0.0543. The number of hydrogen-bond donors (Lipinski definition) is 5. The monoisotopic (exact) mass is 324 g/mol. The number of phosphoric ester groups is 1. The molecule has 1 unspecified atom stereocenters. The van der Waals surface area contributed by atoms with Crippen molar-refractivity contribution in [2.75, 3.05) is 6.61 Å². The van der Waals surface area contributed by atoms with Gasteiger partial charge in [0.1, 0.15) is 18.3 Å². The van der Waals surface area contributed by atoms with Gasteiger partial charge >= 0.3 is 13.5 Å². The number of aromatic nitrogens is 2. The summed E-state index contributed by atoms with van der Waals surface area (Å²) in [5.41, 5.74) is -1.51. The van der Waals surface area contributed by atoms with Crippen LogP contribution in [0.5, 0.6) is 0 Å². The number of hydrogen-bond acceptors (Lipinski definition) is 7. The molecule has 1 saturated heterocycles. The van der Waals surface area contributed by atoms with Crippen molar-refractivity contribution < 1.29 is 33.8 Å². The van der Waals surface area contributed by atoms with Crippen LogP contribution >= 0.6 is 7.82 Å². The summed E-state index contributed by atoms with van der Waals surface area (Å²) in [6, 6.07) is 1.02. The molecule has 12 heteroatoms. The number of rotatable bonds is 4. The molecular formula is C9H13N2O9P. The van der Waals surface area contributed by atoms with E-state index in [4.69, 9.17) is 14.5 Å². The normalized spacial score (nSPS) is 29.7. The summed E-state index contributed by atoms with van der Waals surface area (Å²) < 4.78 is 20.8. The van der Waals surface area contributed by atoms with E-state index >= 15 is 0 Å². The third-order valence-corrected chi connectivity index (χ3v) is 3.35. The molecule has 2 heterocycles. The molecule has 1 fully saturated rings. The van der Waals surface area contributed by atoms with Gasteiger partial charge in [-0.05, 0) is 0 Å². The predicted molar refractivity (Wildman–Crippen MR) is 65.2 cm³/mol. The van der Waals surface area contributed by atoms with Crippen LogP contribution < -0.4 is 11.2 Å². The molecule has 4 atom stereocenters. The summed E-state index contributed by atoms with van der Waals surface area (Å²) >= 11 is 0. The highest BCUT2D eigenvalue weighted by Gasteiger charge is 2.44. The molecule has 0 bridgehead atoms. The molecule has 1 aliphatic rings. The van der Waals surface area contributed by atoms with Gasteiger partial charge in [-0.2, -0.15) is 0 Å². The zero-order valence-corrected chi connectivity index (χ0v) is 11.3. The van der Waals surface area contributed by atoms with E-state index in [0.717, 1.165) is 16.8 Å². The summed E-state index contributed by atoms with van der Waals surface area (Å²) in [5.74, 6) is 0. The summed E-state index contributed by atoms with van der Waals surface area (Å²) in [4.78, 5) is 41.6. The number of aliphatic hydroxyl groups is 2. The summed E-state index contributed by atoms with van der Waals surface area (Å²) in [6.07, 6.45) is -4.58. The second kappa shape index (κ2) is 5.81. The molecule has 0 spiro atoms. The van der Waals surface area contributed by atoms with E-state index in [1.54, 1.807) is 0 Å². The molecule has 0 aromatic carbocycles. The molecule has 0 saturated carbocycles. The molecule has 11 nitrogen and oxygen atoms in total. The zero-order chi connectivity index (χ0) is 15.8. The Morgan fingerprint density at radius 2 is 2.00 bits per heavy atom. The van der Waals surface area contributed by atoms with Gasteiger partial charge in [-0.1, -0.05) is 0 Å². The molecule has 0 aliphatic carbocycles. The van der Waals surface area contributed by atoms with Crippen LogP contribution in [0.2, 0.25) is 0 Å². The molecule has 2 rings (SSSR count). The topological polar surface area (TPSA) is 171 Å². The van der Waals surface area contributed by atoms with Crippen molar-refractivity contribution in [1.82, 2.24) is 9.55 Å². The molecule has 1 aromatic rings. The maximum Gasteiger partial charge on any atom is 0.469 e. The molecule has 21 heavy (non-hydrogen) atoms. The van der Waals surface area contributed by atoms with Gasteiger partial charge in [-0.15, -0.1) is 0 Å². The van der Waals surface area contributed by atoms with E-state index in [9.17, 15) is 24.4 Å². The lowest BCUT2D eigenvalue weighted by Gasteiger charge is -2.16. The standard InChI is InChI=1S/C9H13N2O9P/c12-5-1-2-11(9(15)10-5)8-7(14)6(13)4(20-8)3-19-21(16,17)18/h1-2,4,6-8,13-14H,3H2,(H,10,12,15)(H2,16,17,18)/t4-,6-,7+,8?/m0/s1. The van der Waals surface area contributed by atoms with E-state index in [1.165, 1.54) is 0 Å². The Morgan fingerprint density at radius 1 is 1.33 bits per heavy atom. The van der Waals surface area contributed by atoms with Gasteiger partial charge < -0.3 is 24.7 Å². The van der Waals surface area contributed by atoms with Gasteiger partial charge in [-0.3, -0.25) is 18.9 Å². The first-order chi connectivity index (χ1) is 9.69. The lowest BCUT2D eigenvalue weighted by Crippen LogP contribution is -2.37. The van der Waals surface area contributed by atoms with Crippen LogP contribution in [0.25, 0.3) is 0 Å². The first kappa shape index (κ1) is 16.0. The minimum atomic E-state index is -4.76. The molecule has 5 N–H and O–H groups in total. The van der Waals surface area contributed by atoms with Crippen LogP contribution in [-0.4, -0.2) is 54.5 Å². The maximum atomic E-state index is 11.6. The average Bonchev–Trinajstić information content (AvgIpc) is 2.64. The van der Waals surface area contributed by atoms with E-state index in [0.29, 0.717) is 0 Å². The van der Waals surface area contributed by atoms with Crippen molar-refractivity contribution in [3.05, 3.63) is 33.1 Å². The Balaban J connectivity index is 2.18. The van der Waals surface area contributed by atoms with Crippen LogP contribution in [0.15, 0.2) is 21.9 Å². The van der Waals surface area contributed by atoms with Crippen molar-refractivity contribution in [1.29, 1.82) is 0 Å². The Hall–Kier alpha value is -1.33. The number of aliphatic hydroxyl groups excluding tert-OH is 2. The fraction of sp³-hybridized carbons (Fsp3) is 0.556. The van der Waals surface area contributed by atoms with Crippen LogP contribution in [0, 0.1) is 0 Å². The van der Waals surface area contributed by atoms with Crippen molar-refractivity contribution in [3.8, 4) is 0 Å². The molecule has 1 aromatic heterocycles. The minimum Gasteiger partial charge on any atom is -0.387 e. The zero-order valence-electron chi connectivity index (χ0n) is 10.4. The first-order valence-corrected chi connectivity index (χ1v) is 7.25. The van der Waals surface area contributed by atoms with Gasteiger partial charge in [-0.25, -0.2) is 9.36 Å². The third kappa shape index (κ3) is 3.66. The van der Waals surface area contributed by atoms with Gasteiger partial charge in [0.2, 0.25) is 0 Å². The van der Waals surface area contributed by atoms with Crippen molar-refractivity contribution >= 4 is 7.82 Å². The van der Waals surface area contributed by atoms with Gasteiger partial charge in [0.15, 0.2) is 6.23 Å². The largest absolute Gasteiger partial charge is 0.469 e. The number of H-pyrrole nitrogens is 1. The van der Waals surface area contributed by atoms with Gasteiger partial charge in [0.25, 0.3) is 5.56 Å². The Bertz CT molecular complexity index is 664. The Labute approximate surface area is 116 Å². The van der Waals surface area contributed by atoms with Gasteiger partial charge in [0, 0.05) is 12.3 Å². The number of aromatic amines is 1. The number of nitrogens with one attached hydrogen (secondary N) is 1. The smallest absolute Gasteiger partial charge is 0.387 e. The van der Waals surface area contributed by atoms with E-state index in [1.807, 2.05) is 4.98 Å². The summed E-state index contributed by atoms with van der Waals surface area (Å²) in [6.45, 7) is -0.683. The van der Waals surface area contributed by atoms with E-state index in [2.05, 4.69) is 4.52 Å². The predicted octanol–water partition coefficient (Wildman–Crippen LogP) is -2.73. The van der Waals surface area contributed by atoms with Crippen LogP contribution in [0.4, 0.5) is 0 Å². The lowest BCUT2D eigenvalue weighted by atomic mass is 10.1. The molecular weight excluding hydrogens is 311 g/mol. The quantitative estimate of drug-likeness (QED) is 0.368. The second-order valence-corrected chi connectivity index (χ2v) is 5.59. The number of ether oxygens (including phenoxy) is 1. The first-order valence-electron chi connectivity index (χ1n) is 5.72. The Morgan fingerprint density at radius 3 is 2.57 bits per heavy atom. The summed E-state index contributed by atoms with van der Waals surface area (Å²) in [5, 5.41) is 19.6. The van der Waals surface area contributed by atoms with Crippen LogP contribution in [0.1, 0.15) is 6.23 Å². The fourth-order valence-corrected chi connectivity index (χ4v) is 2.24. The SMILES string of the molecule is O=c1ccn(C2O[C@@H](COP(=O)(O)O)[C@H](O)[C@H]2O)c(=O)[nH]1.